The largest absolute Gasteiger partial charge is 0.325 e. The molecule has 19 heavy (non-hydrogen) atoms. The van der Waals surface area contributed by atoms with E-state index in [1.54, 1.807) is 0 Å². The molecule has 0 saturated heterocycles. The molecule has 1 amide bonds. The van der Waals surface area contributed by atoms with Crippen molar-refractivity contribution in [3.63, 3.8) is 0 Å². The molecule has 0 aliphatic heterocycles. The van der Waals surface area contributed by atoms with E-state index in [0.29, 0.717) is 0 Å². The molecule has 0 saturated carbocycles. The van der Waals surface area contributed by atoms with Crippen LogP contribution in [-0.4, -0.2) is 29.9 Å². The van der Waals surface area contributed by atoms with Gasteiger partial charge < -0.3 is 5.32 Å². The minimum atomic E-state index is -0.180. The van der Waals surface area contributed by atoms with Gasteiger partial charge in [-0.25, -0.2) is 0 Å². The highest BCUT2D eigenvalue weighted by Gasteiger charge is 2.19. The first-order valence-electron chi connectivity index (χ1n) is 6.39. The van der Waals surface area contributed by atoms with Crippen molar-refractivity contribution < 1.29 is 4.79 Å². The van der Waals surface area contributed by atoms with Crippen LogP contribution in [0.15, 0.2) is 40.9 Å². The highest BCUT2D eigenvalue weighted by molar-refractivity contribution is 9.10. The Labute approximate surface area is 123 Å². The molecule has 1 aromatic carbocycles. The van der Waals surface area contributed by atoms with Crippen LogP contribution in [-0.2, 0) is 4.79 Å². The van der Waals surface area contributed by atoms with E-state index in [-0.39, 0.29) is 11.9 Å². The van der Waals surface area contributed by atoms with Crippen molar-refractivity contribution in [1.82, 2.24) is 4.90 Å². The fraction of sp³-hybridized carbons (Fsp3) is 0.400. The van der Waals surface area contributed by atoms with Gasteiger partial charge in [0.1, 0.15) is 0 Å². The first-order chi connectivity index (χ1) is 8.93. The lowest BCUT2D eigenvalue weighted by Gasteiger charge is -2.27. The minimum Gasteiger partial charge on any atom is -0.325 e. The molecule has 1 atom stereocenters. The molecule has 0 aromatic heterocycles. The second kappa shape index (κ2) is 7.46. The fourth-order valence-corrected chi connectivity index (χ4v) is 2.25. The summed E-state index contributed by atoms with van der Waals surface area (Å²) in [7, 11) is 0. The van der Waals surface area contributed by atoms with E-state index in [1.807, 2.05) is 45.0 Å². The van der Waals surface area contributed by atoms with E-state index >= 15 is 0 Å². The van der Waals surface area contributed by atoms with Crippen molar-refractivity contribution in [1.29, 1.82) is 0 Å². The maximum Gasteiger partial charge on any atom is 0.241 e. The van der Waals surface area contributed by atoms with E-state index in [0.717, 1.165) is 28.8 Å². The molecular formula is C15H21BrN2O. The smallest absolute Gasteiger partial charge is 0.241 e. The maximum atomic E-state index is 12.2. The number of nitrogens with one attached hydrogen (secondary N) is 1. The van der Waals surface area contributed by atoms with Gasteiger partial charge in [-0.15, -0.1) is 0 Å². The van der Waals surface area contributed by atoms with E-state index in [2.05, 4.69) is 32.7 Å². The number of hydrogen-bond acceptors (Lipinski definition) is 2. The standard InChI is InChI=1S/C15H21BrN2O/c1-5-18(10-11(2)3)12(4)15(19)17-14-8-6-7-13(16)9-14/h6-9,12H,2,5,10H2,1,3-4H3,(H,17,19). The number of likely N-dealkylation sites (N-methyl/N-ethyl adjacent to an activating group) is 1. The van der Waals surface area contributed by atoms with Crippen molar-refractivity contribution in [2.45, 2.75) is 26.8 Å². The van der Waals surface area contributed by atoms with Gasteiger partial charge in [0.2, 0.25) is 5.91 Å². The molecule has 0 bridgehead atoms. The van der Waals surface area contributed by atoms with Gasteiger partial charge in [0.25, 0.3) is 0 Å². The van der Waals surface area contributed by atoms with Crippen molar-refractivity contribution in [3.8, 4) is 0 Å². The molecule has 0 aliphatic rings. The van der Waals surface area contributed by atoms with Gasteiger partial charge in [-0.1, -0.05) is 41.1 Å². The van der Waals surface area contributed by atoms with Gasteiger partial charge in [0.15, 0.2) is 0 Å². The summed E-state index contributed by atoms with van der Waals surface area (Å²) in [4.78, 5) is 14.3. The number of nitrogens with zero attached hydrogens (tertiary/aromatic N) is 1. The Hall–Kier alpha value is -1.13. The molecular weight excluding hydrogens is 304 g/mol. The molecule has 3 nitrogen and oxygen atoms in total. The van der Waals surface area contributed by atoms with Crippen molar-refractivity contribution in [3.05, 3.63) is 40.9 Å². The zero-order chi connectivity index (χ0) is 14.4. The predicted molar refractivity (Wildman–Crippen MR) is 84.3 cm³/mol. The number of carbonyl (C=O) groups is 1. The van der Waals surface area contributed by atoms with Gasteiger partial charge in [-0.05, 0) is 38.6 Å². The quantitative estimate of drug-likeness (QED) is 0.809. The SMILES string of the molecule is C=C(C)CN(CC)C(C)C(=O)Nc1cccc(Br)c1. The Morgan fingerprint density at radius 2 is 2.21 bits per heavy atom. The molecule has 104 valence electrons. The van der Waals surface area contributed by atoms with E-state index in [1.165, 1.54) is 0 Å². The zero-order valence-electron chi connectivity index (χ0n) is 11.7. The lowest BCUT2D eigenvalue weighted by molar-refractivity contribution is -0.120. The summed E-state index contributed by atoms with van der Waals surface area (Å²) in [5.74, 6) is 0.00111. The number of benzene rings is 1. The minimum absolute atomic E-state index is 0.00111. The molecule has 1 rings (SSSR count). The van der Waals surface area contributed by atoms with E-state index in [4.69, 9.17) is 0 Å². The molecule has 0 spiro atoms. The molecule has 0 radical (unpaired) electrons. The summed E-state index contributed by atoms with van der Waals surface area (Å²) in [6.07, 6.45) is 0. The third kappa shape index (κ3) is 5.17. The van der Waals surface area contributed by atoms with Gasteiger partial charge in [-0.3, -0.25) is 9.69 Å². The Bertz CT molecular complexity index is 459. The lowest BCUT2D eigenvalue weighted by Crippen LogP contribution is -2.42. The molecule has 0 aliphatic carbocycles. The van der Waals surface area contributed by atoms with Crippen LogP contribution in [0.4, 0.5) is 5.69 Å². The lowest BCUT2D eigenvalue weighted by atomic mass is 10.2. The number of halogens is 1. The van der Waals surface area contributed by atoms with Gasteiger partial charge >= 0.3 is 0 Å². The van der Waals surface area contributed by atoms with Crippen molar-refractivity contribution in [2.75, 3.05) is 18.4 Å². The van der Waals surface area contributed by atoms with Gasteiger partial charge in [0, 0.05) is 16.7 Å². The monoisotopic (exact) mass is 324 g/mol. The molecule has 1 unspecified atom stereocenters. The van der Waals surface area contributed by atoms with Crippen LogP contribution in [0, 0.1) is 0 Å². The normalized spacial score (nSPS) is 12.3. The van der Waals surface area contributed by atoms with Gasteiger partial charge in [-0.2, -0.15) is 0 Å². The number of hydrogen-bond donors (Lipinski definition) is 1. The first kappa shape index (κ1) is 15.9. The first-order valence-corrected chi connectivity index (χ1v) is 7.18. The fourth-order valence-electron chi connectivity index (χ4n) is 1.85. The van der Waals surface area contributed by atoms with Crippen LogP contribution < -0.4 is 5.32 Å². The highest BCUT2D eigenvalue weighted by Crippen LogP contribution is 2.16. The Morgan fingerprint density at radius 1 is 1.53 bits per heavy atom. The van der Waals surface area contributed by atoms with Crippen molar-refractivity contribution in [2.24, 2.45) is 0 Å². The molecule has 1 N–H and O–H groups in total. The van der Waals surface area contributed by atoms with Crippen LogP contribution in [0.25, 0.3) is 0 Å². The highest BCUT2D eigenvalue weighted by atomic mass is 79.9. The van der Waals surface area contributed by atoms with Crippen LogP contribution in [0.2, 0.25) is 0 Å². The maximum absolute atomic E-state index is 12.2. The van der Waals surface area contributed by atoms with Crippen LogP contribution in [0.1, 0.15) is 20.8 Å². The van der Waals surface area contributed by atoms with Gasteiger partial charge in [0.05, 0.1) is 6.04 Å². The Kier molecular flexibility index (Phi) is 6.25. The molecule has 0 fully saturated rings. The number of carbonyl (C=O) groups excluding carboxylic acids is 1. The molecule has 4 heteroatoms. The van der Waals surface area contributed by atoms with E-state index in [9.17, 15) is 4.79 Å². The number of rotatable bonds is 6. The average molecular weight is 325 g/mol. The van der Waals surface area contributed by atoms with E-state index < -0.39 is 0 Å². The summed E-state index contributed by atoms with van der Waals surface area (Å²) >= 11 is 3.39. The van der Waals surface area contributed by atoms with Crippen LogP contribution in [0.3, 0.4) is 0 Å². The van der Waals surface area contributed by atoms with Crippen LogP contribution >= 0.6 is 15.9 Å². The Balaban J connectivity index is 2.68. The topological polar surface area (TPSA) is 32.3 Å². The third-order valence-electron chi connectivity index (χ3n) is 2.90. The summed E-state index contributed by atoms with van der Waals surface area (Å²) in [6, 6.07) is 7.42. The third-order valence-corrected chi connectivity index (χ3v) is 3.39. The summed E-state index contributed by atoms with van der Waals surface area (Å²) < 4.78 is 0.951. The predicted octanol–water partition coefficient (Wildman–Crippen LogP) is 3.67. The second-order valence-electron chi connectivity index (χ2n) is 4.70. The van der Waals surface area contributed by atoms with Crippen LogP contribution in [0.5, 0.6) is 0 Å². The van der Waals surface area contributed by atoms with Crippen molar-refractivity contribution >= 4 is 27.5 Å². The number of amides is 1. The number of anilines is 1. The zero-order valence-corrected chi connectivity index (χ0v) is 13.3. The Morgan fingerprint density at radius 3 is 2.74 bits per heavy atom. The summed E-state index contributed by atoms with van der Waals surface area (Å²) in [5, 5.41) is 2.93. The molecule has 1 aromatic rings. The summed E-state index contributed by atoms with van der Waals surface area (Å²) in [6.45, 7) is 11.4. The summed E-state index contributed by atoms with van der Waals surface area (Å²) in [5.41, 5.74) is 1.86. The molecule has 0 heterocycles. The second-order valence-corrected chi connectivity index (χ2v) is 5.61. The average Bonchev–Trinajstić information content (AvgIpc) is 2.34.